The van der Waals surface area contributed by atoms with Crippen molar-refractivity contribution in [2.75, 3.05) is 29.4 Å². The molecule has 4 rings (SSSR count). The number of nitrogens with zero attached hydrogens (tertiary/aromatic N) is 5. The molecule has 0 N–H and O–H groups in total. The van der Waals surface area contributed by atoms with Gasteiger partial charge in [-0.2, -0.15) is 10.1 Å². The summed E-state index contributed by atoms with van der Waals surface area (Å²) in [6, 6.07) is 21.1. The van der Waals surface area contributed by atoms with E-state index in [1.54, 1.807) is 6.20 Å². The van der Waals surface area contributed by atoms with Gasteiger partial charge in [-0.25, -0.2) is 0 Å². The van der Waals surface area contributed by atoms with Crippen LogP contribution < -0.4 is 9.80 Å². The zero-order valence-electron chi connectivity index (χ0n) is 16.4. The van der Waals surface area contributed by atoms with Crippen molar-refractivity contribution < 1.29 is 0 Å². The van der Waals surface area contributed by atoms with E-state index in [2.05, 4.69) is 69.4 Å². The Bertz CT molecular complexity index is 860. The fourth-order valence-corrected chi connectivity index (χ4v) is 3.91. The Morgan fingerprint density at radius 1 is 0.964 bits per heavy atom. The summed E-state index contributed by atoms with van der Waals surface area (Å²) in [7, 11) is 0. The molecule has 1 aliphatic rings. The number of aromatic nitrogens is 3. The first-order chi connectivity index (χ1) is 13.8. The number of piperidine rings is 1. The Hall–Kier alpha value is -2.95. The van der Waals surface area contributed by atoms with Crippen molar-refractivity contribution in [2.45, 2.75) is 26.2 Å². The largest absolute Gasteiger partial charge is 0.355 e. The maximum Gasteiger partial charge on any atom is 0.251 e. The van der Waals surface area contributed by atoms with Crippen LogP contribution in [0.4, 0.5) is 17.5 Å². The zero-order valence-corrected chi connectivity index (χ0v) is 16.4. The van der Waals surface area contributed by atoms with E-state index in [-0.39, 0.29) is 0 Å². The molecule has 2 aromatic carbocycles. The lowest BCUT2D eigenvalue weighted by atomic mass is 9.90. The fourth-order valence-electron chi connectivity index (χ4n) is 3.91. The number of anilines is 3. The molecule has 0 aliphatic carbocycles. The third-order valence-corrected chi connectivity index (χ3v) is 5.47. The van der Waals surface area contributed by atoms with E-state index < -0.39 is 0 Å². The monoisotopic (exact) mass is 373 g/mol. The van der Waals surface area contributed by atoms with Crippen LogP contribution in [0.5, 0.6) is 0 Å². The molecule has 1 aromatic heterocycles. The smallest absolute Gasteiger partial charge is 0.251 e. The van der Waals surface area contributed by atoms with Gasteiger partial charge in [-0.15, -0.1) is 5.10 Å². The van der Waals surface area contributed by atoms with Gasteiger partial charge in [0.25, 0.3) is 5.95 Å². The first kappa shape index (κ1) is 18.4. The highest BCUT2D eigenvalue weighted by Crippen LogP contribution is 2.26. The van der Waals surface area contributed by atoms with Gasteiger partial charge in [0.05, 0.1) is 6.20 Å². The van der Waals surface area contributed by atoms with Gasteiger partial charge in [-0.3, -0.25) is 0 Å². The average Bonchev–Trinajstić information content (AvgIpc) is 2.77. The van der Waals surface area contributed by atoms with Crippen molar-refractivity contribution in [3.05, 3.63) is 72.4 Å². The second-order valence-electron chi connectivity index (χ2n) is 7.31. The maximum absolute atomic E-state index is 4.83. The number of benzene rings is 2. The van der Waals surface area contributed by atoms with E-state index in [9.17, 15) is 0 Å². The minimum Gasteiger partial charge on any atom is -0.355 e. The summed E-state index contributed by atoms with van der Waals surface area (Å²) in [5.74, 6) is 2.33. The normalized spacial score (nSPS) is 14.8. The van der Waals surface area contributed by atoms with Crippen LogP contribution >= 0.6 is 0 Å². The predicted octanol–water partition coefficient (Wildman–Crippen LogP) is 4.49. The molecule has 0 atom stereocenters. The van der Waals surface area contributed by atoms with Crippen LogP contribution in [0.25, 0.3) is 0 Å². The van der Waals surface area contributed by atoms with Gasteiger partial charge < -0.3 is 9.80 Å². The van der Waals surface area contributed by atoms with Crippen molar-refractivity contribution >= 4 is 17.5 Å². The molecule has 2 heterocycles. The molecule has 144 valence electrons. The van der Waals surface area contributed by atoms with E-state index in [0.717, 1.165) is 37.1 Å². The van der Waals surface area contributed by atoms with E-state index >= 15 is 0 Å². The molecule has 1 saturated heterocycles. The lowest BCUT2D eigenvalue weighted by Gasteiger charge is -2.33. The number of para-hydroxylation sites is 1. The Morgan fingerprint density at radius 2 is 1.64 bits per heavy atom. The van der Waals surface area contributed by atoms with Gasteiger partial charge in [0.2, 0.25) is 0 Å². The highest BCUT2D eigenvalue weighted by Gasteiger charge is 2.22. The summed E-state index contributed by atoms with van der Waals surface area (Å²) < 4.78 is 0. The Labute approximate surface area is 167 Å². The van der Waals surface area contributed by atoms with Crippen LogP contribution in [-0.2, 0) is 6.42 Å². The standard InChI is InChI=1S/C23H27N5/c1-2-28(21-11-7-4-8-12-21)23-25-22(18-24-26-23)27-15-13-20(14-16-27)17-19-9-5-3-6-10-19/h3-12,18,20H,2,13-17H2,1H3. The molecule has 0 bridgehead atoms. The third-order valence-electron chi connectivity index (χ3n) is 5.47. The van der Waals surface area contributed by atoms with Crippen LogP contribution in [0.1, 0.15) is 25.3 Å². The highest BCUT2D eigenvalue weighted by atomic mass is 15.3. The van der Waals surface area contributed by atoms with Crippen LogP contribution in [0, 0.1) is 5.92 Å². The van der Waals surface area contributed by atoms with Gasteiger partial charge in [-0.1, -0.05) is 48.5 Å². The first-order valence-corrected chi connectivity index (χ1v) is 10.1. The molecule has 0 radical (unpaired) electrons. The molecule has 0 amide bonds. The lowest BCUT2D eigenvalue weighted by molar-refractivity contribution is 0.402. The molecule has 0 unspecified atom stereocenters. The number of rotatable bonds is 6. The van der Waals surface area contributed by atoms with Gasteiger partial charge in [0, 0.05) is 25.3 Å². The van der Waals surface area contributed by atoms with E-state index in [1.165, 1.54) is 24.8 Å². The summed E-state index contributed by atoms with van der Waals surface area (Å²) in [6.45, 7) is 4.95. The van der Waals surface area contributed by atoms with E-state index in [1.807, 2.05) is 18.2 Å². The molecule has 5 heteroatoms. The molecule has 0 spiro atoms. The van der Waals surface area contributed by atoms with Crippen molar-refractivity contribution in [3.63, 3.8) is 0 Å². The molecule has 5 nitrogen and oxygen atoms in total. The van der Waals surface area contributed by atoms with Crippen LogP contribution in [0.3, 0.4) is 0 Å². The van der Waals surface area contributed by atoms with Crippen LogP contribution in [-0.4, -0.2) is 34.8 Å². The fraction of sp³-hybridized carbons (Fsp3) is 0.348. The first-order valence-electron chi connectivity index (χ1n) is 10.1. The summed E-state index contributed by atoms with van der Waals surface area (Å²) in [4.78, 5) is 9.27. The van der Waals surface area contributed by atoms with Crippen molar-refractivity contribution in [1.29, 1.82) is 0 Å². The van der Waals surface area contributed by atoms with Crippen molar-refractivity contribution in [1.82, 2.24) is 15.2 Å². The molecule has 0 saturated carbocycles. The number of hydrogen-bond acceptors (Lipinski definition) is 5. The molecule has 1 fully saturated rings. The minimum absolute atomic E-state index is 0.664. The maximum atomic E-state index is 4.83. The third kappa shape index (κ3) is 4.30. The minimum atomic E-state index is 0.664. The topological polar surface area (TPSA) is 45.2 Å². The van der Waals surface area contributed by atoms with Gasteiger partial charge in [0.1, 0.15) is 0 Å². The summed E-state index contributed by atoms with van der Waals surface area (Å²) in [5.41, 5.74) is 2.53. The molecule has 28 heavy (non-hydrogen) atoms. The van der Waals surface area contributed by atoms with Gasteiger partial charge in [0.15, 0.2) is 5.82 Å². The molecular weight excluding hydrogens is 346 g/mol. The Kier molecular flexibility index (Phi) is 5.80. The van der Waals surface area contributed by atoms with E-state index in [0.29, 0.717) is 5.95 Å². The number of hydrogen-bond donors (Lipinski definition) is 0. The highest BCUT2D eigenvalue weighted by molar-refractivity contribution is 5.57. The van der Waals surface area contributed by atoms with Crippen molar-refractivity contribution in [3.8, 4) is 0 Å². The second-order valence-corrected chi connectivity index (χ2v) is 7.31. The lowest BCUT2D eigenvalue weighted by Crippen LogP contribution is -2.35. The van der Waals surface area contributed by atoms with Crippen molar-refractivity contribution in [2.24, 2.45) is 5.92 Å². The Morgan fingerprint density at radius 3 is 2.32 bits per heavy atom. The SMILES string of the molecule is CCN(c1ccccc1)c1nncc(N2CCC(Cc3ccccc3)CC2)n1. The predicted molar refractivity (Wildman–Crippen MR) is 114 cm³/mol. The summed E-state index contributed by atoms with van der Waals surface area (Å²) in [6.07, 6.45) is 5.33. The zero-order chi connectivity index (χ0) is 19.2. The molecule has 3 aromatic rings. The second kappa shape index (κ2) is 8.83. The average molecular weight is 374 g/mol. The quantitative estimate of drug-likeness (QED) is 0.637. The van der Waals surface area contributed by atoms with E-state index in [4.69, 9.17) is 4.98 Å². The van der Waals surface area contributed by atoms with Gasteiger partial charge >= 0.3 is 0 Å². The van der Waals surface area contributed by atoms with Crippen LogP contribution in [0.2, 0.25) is 0 Å². The Balaban J connectivity index is 1.42. The summed E-state index contributed by atoms with van der Waals surface area (Å²) in [5, 5.41) is 8.54. The molecule has 1 aliphatic heterocycles. The summed E-state index contributed by atoms with van der Waals surface area (Å²) >= 11 is 0. The van der Waals surface area contributed by atoms with Gasteiger partial charge in [-0.05, 0) is 49.8 Å². The van der Waals surface area contributed by atoms with Crippen LogP contribution in [0.15, 0.2) is 66.9 Å². The molecular formula is C23H27N5.